The number of hydrogen-bond acceptors (Lipinski definition) is 7. The fourth-order valence-electron chi connectivity index (χ4n) is 13.4. The molecule has 8 fully saturated rings. The van der Waals surface area contributed by atoms with E-state index in [9.17, 15) is 24.6 Å². The molecule has 13 atom stereocenters. The Balaban J connectivity index is 0.951. The van der Waals surface area contributed by atoms with Crippen molar-refractivity contribution in [2.75, 3.05) is 26.2 Å². The van der Waals surface area contributed by atoms with Gasteiger partial charge < -0.3 is 34.2 Å². The van der Waals surface area contributed by atoms with Gasteiger partial charge in [-0.25, -0.2) is 4.79 Å². The Morgan fingerprint density at radius 2 is 1.73 bits per heavy atom. The second-order valence-electron chi connectivity index (χ2n) is 18.6. The van der Waals surface area contributed by atoms with Crippen molar-refractivity contribution in [1.82, 2.24) is 9.80 Å². The molecule has 2 spiro atoms. The first-order chi connectivity index (χ1) is 23.2. The topological polar surface area (TPSA) is 126 Å². The number of rotatable bonds is 8. The Kier molecular flexibility index (Phi) is 8.33. The summed E-state index contributed by atoms with van der Waals surface area (Å²) in [5.41, 5.74) is 0.580. The summed E-state index contributed by atoms with van der Waals surface area (Å²) >= 11 is 0. The van der Waals surface area contributed by atoms with Crippen LogP contribution in [0.2, 0.25) is 0 Å². The summed E-state index contributed by atoms with van der Waals surface area (Å²) in [5, 5.41) is 21.8. The predicted molar refractivity (Wildman–Crippen MR) is 180 cm³/mol. The smallest absolute Gasteiger partial charge is 0.326 e. The van der Waals surface area contributed by atoms with E-state index in [0.29, 0.717) is 49.3 Å². The number of nitrogens with zero attached hydrogens (tertiary/aromatic N) is 2. The molecule has 0 radical (unpaired) electrons. The molecule has 0 aromatic rings. The Labute approximate surface area is 291 Å². The molecule has 49 heavy (non-hydrogen) atoms. The fourth-order valence-corrected chi connectivity index (χ4v) is 13.4. The zero-order valence-electron chi connectivity index (χ0n) is 30.4. The summed E-state index contributed by atoms with van der Waals surface area (Å²) < 4.78 is 19.6. The van der Waals surface area contributed by atoms with Crippen molar-refractivity contribution in [2.45, 2.75) is 148 Å². The second-order valence-corrected chi connectivity index (χ2v) is 18.6. The van der Waals surface area contributed by atoms with Crippen LogP contribution in [0.5, 0.6) is 0 Å². The first-order valence-corrected chi connectivity index (χ1v) is 19.6. The van der Waals surface area contributed by atoms with Gasteiger partial charge in [0.2, 0.25) is 11.8 Å². The highest BCUT2D eigenvalue weighted by molar-refractivity contribution is 5.82. The molecule has 2 amide bonds. The Morgan fingerprint density at radius 3 is 2.45 bits per heavy atom. The Hall–Kier alpha value is -1.75. The van der Waals surface area contributed by atoms with Gasteiger partial charge in [-0.05, 0) is 129 Å². The van der Waals surface area contributed by atoms with Gasteiger partial charge in [-0.2, -0.15) is 0 Å². The van der Waals surface area contributed by atoms with Crippen molar-refractivity contribution in [3.8, 4) is 0 Å². The molecule has 6 saturated carbocycles. The molecule has 2 heterocycles. The number of amides is 2. The Morgan fingerprint density at radius 1 is 0.980 bits per heavy atom. The zero-order valence-corrected chi connectivity index (χ0v) is 30.4. The Bertz CT molecular complexity index is 1350. The van der Waals surface area contributed by atoms with Crippen LogP contribution in [0.25, 0.3) is 0 Å². The normalized spacial score (nSPS) is 47.1. The molecule has 10 heteroatoms. The van der Waals surface area contributed by atoms with E-state index in [2.05, 4.69) is 20.8 Å². The molecule has 9 unspecified atom stereocenters. The highest BCUT2D eigenvalue weighted by atomic mass is 16.7. The van der Waals surface area contributed by atoms with Crippen LogP contribution in [0, 0.1) is 51.2 Å². The monoisotopic (exact) mass is 684 g/mol. The molecule has 0 aromatic carbocycles. The molecule has 2 N–H and O–H groups in total. The average Bonchev–Trinajstić information content (AvgIpc) is 3.98. The van der Waals surface area contributed by atoms with Crippen molar-refractivity contribution >= 4 is 17.8 Å². The first-order valence-electron chi connectivity index (χ1n) is 19.6. The summed E-state index contributed by atoms with van der Waals surface area (Å²) in [6.07, 6.45) is 11.5. The van der Waals surface area contributed by atoms with E-state index in [0.717, 1.165) is 44.9 Å². The number of carbonyl (C=O) groups excluding carboxylic acids is 2. The number of ether oxygens (including phenoxy) is 3. The molecule has 8 aliphatic rings. The minimum Gasteiger partial charge on any atom is -0.480 e. The number of carbonyl (C=O) groups is 3. The number of carboxylic acid groups (broad SMARTS) is 1. The van der Waals surface area contributed by atoms with Crippen LogP contribution in [0.3, 0.4) is 0 Å². The molecular weight excluding hydrogens is 624 g/mol. The van der Waals surface area contributed by atoms with Crippen molar-refractivity contribution in [3.05, 3.63) is 0 Å². The molecule has 6 aliphatic carbocycles. The van der Waals surface area contributed by atoms with Crippen molar-refractivity contribution < 1.29 is 38.8 Å². The maximum atomic E-state index is 12.9. The van der Waals surface area contributed by atoms with Gasteiger partial charge in [0.15, 0.2) is 6.29 Å². The molecule has 2 aliphatic heterocycles. The van der Waals surface area contributed by atoms with E-state index < -0.39 is 18.1 Å². The maximum Gasteiger partial charge on any atom is 0.326 e. The van der Waals surface area contributed by atoms with Gasteiger partial charge >= 0.3 is 5.97 Å². The number of hydrogen-bond donors (Lipinski definition) is 2. The van der Waals surface area contributed by atoms with E-state index in [1.54, 1.807) is 6.92 Å². The third kappa shape index (κ3) is 5.26. The number of aliphatic carboxylic acids is 1. The van der Waals surface area contributed by atoms with Gasteiger partial charge in [0.1, 0.15) is 6.04 Å². The van der Waals surface area contributed by atoms with Crippen LogP contribution < -0.4 is 0 Å². The standard InChI is InChI=1S/C39H60N2O8/c1-22(35(45)46)41(23(2)42)19-25-8-9-27-34(48-25)33(44)32-26-10-11-28-36(3,4)29(12-13-39(28)21-38(26,39)15-14-37(27,32)5)49-31-20-40(16-17-47-31)30(43)18-24-6-7-24/h22,24-29,31-34,44H,6-21H2,1-5H3,(H,45,46)/t22?,25?,26?,27-,28?,29?,31?,32?,33+,34?,37?,38-,39+/m0/s1. The van der Waals surface area contributed by atoms with Crippen LogP contribution in [-0.2, 0) is 28.6 Å². The SMILES string of the molecule is CC(=O)N(CC1CC[C@H]2C(O1)[C@H](O)C1C3CCC4C(C)(C)C(OC5CN(C(=O)CC6CC6)CCO5)CC[C@@]45C[C@@]35CCC12C)C(C)C(=O)O. The van der Waals surface area contributed by atoms with Crippen molar-refractivity contribution in [1.29, 1.82) is 0 Å². The minimum atomic E-state index is -1.02. The predicted octanol–water partition coefficient (Wildman–Crippen LogP) is 4.86. The highest BCUT2D eigenvalue weighted by Crippen LogP contribution is 2.87. The number of fused-ring (bicyclic) bond motifs is 4. The third-order valence-corrected chi connectivity index (χ3v) is 16.1. The first kappa shape index (κ1) is 34.3. The zero-order chi connectivity index (χ0) is 34.7. The lowest BCUT2D eigenvalue weighted by molar-refractivity contribution is -0.245. The number of aliphatic hydroxyl groups is 1. The second kappa shape index (κ2) is 11.9. The maximum absolute atomic E-state index is 12.9. The van der Waals surface area contributed by atoms with Gasteiger partial charge in [0.05, 0.1) is 37.6 Å². The van der Waals surface area contributed by atoms with E-state index in [1.165, 1.54) is 37.5 Å². The van der Waals surface area contributed by atoms with Crippen molar-refractivity contribution in [2.24, 2.45) is 51.2 Å². The lowest BCUT2D eigenvalue weighted by Crippen LogP contribution is -2.57. The molecule has 8 rings (SSSR count). The van der Waals surface area contributed by atoms with E-state index >= 15 is 0 Å². The van der Waals surface area contributed by atoms with Crippen LogP contribution in [0.4, 0.5) is 0 Å². The van der Waals surface area contributed by atoms with Gasteiger partial charge in [0, 0.05) is 26.4 Å². The third-order valence-electron chi connectivity index (χ3n) is 16.1. The largest absolute Gasteiger partial charge is 0.480 e. The molecule has 0 aromatic heterocycles. The average molecular weight is 685 g/mol. The molecular formula is C39H60N2O8. The summed E-state index contributed by atoms with van der Waals surface area (Å²) in [7, 11) is 0. The minimum absolute atomic E-state index is 0.00852. The molecule has 0 bridgehead atoms. The van der Waals surface area contributed by atoms with E-state index in [-0.39, 0.29) is 71.0 Å². The lowest BCUT2D eigenvalue weighted by Gasteiger charge is -2.60. The van der Waals surface area contributed by atoms with Gasteiger partial charge in [-0.15, -0.1) is 0 Å². The number of carboxylic acids is 1. The number of morpholine rings is 1. The summed E-state index contributed by atoms with van der Waals surface area (Å²) in [6.45, 7) is 12.2. The summed E-state index contributed by atoms with van der Waals surface area (Å²) in [6, 6.07) is -0.913. The molecule has 2 saturated heterocycles. The van der Waals surface area contributed by atoms with Crippen LogP contribution in [0.1, 0.15) is 112 Å². The van der Waals surface area contributed by atoms with Gasteiger partial charge in [-0.3, -0.25) is 9.59 Å². The lowest BCUT2D eigenvalue weighted by atomic mass is 9.46. The van der Waals surface area contributed by atoms with Crippen molar-refractivity contribution in [3.63, 3.8) is 0 Å². The molecule has 274 valence electrons. The van der Waals surface area contributed by atoms with Crippen LogP contribution in [-0.4, -0.2) is 101 Å². The number of aliphatic hydroxyl groups excluding tert-OH is 1. The van der Waals surface area contributed by atoms with E-state index in [1.807, 2.05) is 4.90 Å². The van der Waals surface area contributed by atoms with Gasteiger partial charge in [0.25, 0.3) is 0 Å². The van der Waals surface area contributed by atoms with E-state index in [4.69, 9.17) is 14.2 Å². The highest BCUT2D eigenvalue weighted by Gasteiger charge is 2.81. The summed E-state index contributed by atoms with van der Waals surface area (Å²) in [4.78, 5) is 40.4. The summed E-state index contributed by atoms with van der Waals surface area (Å²) in [5.74, 6) is 1.07. The fraction of sp³-hybridized carbons (Fsp3) is 0.923. The quantitative estimate of drug-likeness (QED) is 0.372. The van der Waals surface area contributed by atoms with Crippen LogP contribution >= 0.6 is 0 Å². The van der Waals surface area contributed by atoms with Gasteiger partial charge in [-0.1, -0.05) is 20.8 Å². The van der Waals surface area contributed by atoms with Crippen LogP contribution in [0.15, 0.2) is 0 Å². The molecule has 10 nitrogen and oxygen atoms in total.